The van der Waals surface area contributed by atoms with Gasteiger partial charge in [-0.25, -0.2) is 8.78 Å². The Morgan fingerprint density at radius 1 is 1.38 bits per heavy atom. The third kappa shape index (κ3) is 4.00. The second kappa shape index (κ2) is 6.10. The molecule has 1 N–H and O–H groups in total. The lowest BCUT2D eigenvalue weighted by molar-refractivity contribution is -0.146. The Morgan fingerprint density at radius 2 is 2.00 bits per heavy atom. The fourth-order valence-electron chi connectivity index (χ4n) is 2.70. The fraction of sp³-hybridized carbons (Fsp3) is 0.562. The van der Waals surface area contributed by atoms with Crippen molar-refractivity contribution < 1.29 is 18.7 Å². The minimum atomic E-state index is -2.44. The first-order valence-corrected chi connectivity index (χ1v) is 7.16. The largest absolute Gasteiger partial charge is 0.381 e. The highest BCUT2D eigenvalue weighted by atomic mass is 19.3. The van der Waals surface area contributed by atoms with E-state index in [0.717, 1.165) is 18.4 Å². The topological polar surface area (TPSA) is 40.5 Å². The van der Waals surface area contributed by atoms with Crippen molar-refractivity contribution in [3.63, 3.8) is 0 Å². The Morgan fingerprint density at radius 3 is 2.52 bits per heavy atom. The molecule has 0 aliphatic carbocycles. The van der Waals surface area contributed by atoms with E-state index >= 15 is 0 Å². The van der Waals surface area contributed by atoms with E-state index in [2.05, 4.69) is 0 Å². The molecule has 116 valence electrons. The summed E-state index contributed by atoms with van der Waals surface area (Å²) in [6.07, 6.45) is -0.803. The van der Waals surface area contributed by atoms with Crippen LogP contribution in [0.25, 0.3) is 0 Å². The van der Waals surface area contributed by atoms with Crippen LogP contribution < -0.4 is 0 Å². The molecule has 1 atom stereocenters. The molecule has 1 heterocycles. The lowest BCUT2D eigenvalue weighted by atomic mass is 9.98. The summed E-state index contributed by atoms with van der Waals surface area (Å²) in [5.74, 6) is 0.0618. The molecule has 5 heteroatoms. The molecule has 1 aromatic carbocycles. The van der Waals surface area contributed by atoms with E-state index < -0.39 is 12.0 Å². The van der Waals surface area contributed by atoms with E-state index in [4.69, 9.17) is 0 Å². The molecular weight excluding hydrogens is 276 g/mol. The monoisotopic (exact) mass is 297 g/mol. The molecular formula is C16H21F2NO2. The maximum absolute atomic E-state index is 12.5. The van der Waals surface area contributed by atoms with Gasteiger partial charge in [0.1, 0.15) is 5.60 Å². The van der Waals surface area contributed by atoms with Crippen LogP contribution in [0.2, 0.25) is 0 Å². The van der Waals surface area contributed by atoms with Crippen molar-refractivity contribution in [1.82, 2.24) is 4.90 Å². The summed E-state index contributed by atoms with van der Waals surface area (Å²) in [4.78, 5) is 13.7. The first-order valence-electron chi connectivity index (χ1n) is 7.16. The number of carbonyl (C=O) groups excluding carboxylic acids is 1. The average molecular weight is 297 g/mol. The summed E-state index contributed by atoms with van der Waals surface area (Å²) in [5.41, 5.74) is -0.306. The summed E-state index contributed by atoms with van der Waals surface area (Å²) in [7, 11) is 0. The van der Waals surface area contributed by atoms with Crippen molar-refractivity contribution in [3.8, 4) is 0 Å². The molecule has 1 amide bonds. The second-order valence-electron chi connectivity index (χ2n) is 6.21. The second-order valence-corrected chi connectivity index (χ2v) is 6.21. The molecule has 0 saturated carbocycles. The van der Waals surface area contributed by atoms with Crippen LogP contribution in [0.15, 0.2) is 24.3 Å². The van der Waals surface area contributed by atoms with Gasteiger partial charge in [0.2, 0.25) is 0 Å². The predicted octanol–water partition coefficient (Wildman–Crippen LogP) is 2.79. The lowest BCUT2D eigenvalue weighted by Crippen LogP contribution is -2.44. The third-order valence-corrected chi connectivity index (χ3v) is 3.85. The van der Waals surface area contributed by atoms with Crippen LogP contribution >= 0.6 is 0 Å². The molecule has 21 heavy (non-hydrogen) atoms. The smallest absolute Gasteiger partial charge is 0.263 e. The van der Waals surface area contributed by atoms with E-state index in [1.54, 1.807) is 17.0 Å². The van der Waals surface area contributed by atoms with Gasteiger partial charge in [-0.3, -0.25) is 4.79 Å². The number of carbonyl (C=O) groups is 1. The van der Waals surface area contributed by atoms with Crippen LogP contribution in [0.3, 0.4) is 0 Å². The third-order valence-electron chi connectivity index (χ3n) is 3.85. The summed E-state index contributed by atoms with van der Waals surface area (Å²) in [5, 5.41) is 9.74. The van der Waals surface area contributed by atoms with Crippen molar-refractivity contribution in [2.75, 3.05) is 13.1 Å². The Kier molecular flexibility index (Phi) is 4.61. The van der Waals surface area contributed by atoms with Gasteiger partial charge in [0.15, 0.2) is 0 Å². The molecule has 3 nitrogen and oxygen atoms in total. The summed E-state index contributed by atoms with van der Waals surface area (Å²) < 4.78 is 25.0. The van der Waals surface area contributed by atoms with Crippen LogP contribution in [0.4, 0.5) is 8.78 Å². The van der Waals surface area contributed by atoms with E-state index in [9.17, 15) is 18.7 Å². The van der Waals surface area contributed by atoms with Crippen molar-refractivity contribution >= 4 is 5.91 Å². The van der Waals surface area contributed by atoms with Crippen LogP contribution in [0.1, 0.15) is 37.8 Å². The molecule has 1 unspecified atom stereocenters. The van der Waals surface area contributed by atoms with Crippen LogP contribution in [0.5, 0.6) is 0 Å². The molecule has 1 aromatic rings. The van der Waals surface area contributed by atoms with E-state index in [1.165, 1.54) is 26.0 Å². The van der Waals surface area contributed by atoms with Crippen LogP contribution in [0, 0.1) is 5.92 Å². The summed E-state index contributed by atoms with van der Waals surface area (Å²) >= 11 is 0. The molecule has 2 rings (SSSR count). The van der Waals surface area contributed by atoms with E-state index in [0.29, 0.717) is 19.0 Å². The lowest BCUT2D eigenvalue weighted by Gasteiger charge is -2.24. The van der Waals surface area contributed by atoms with Crippen molar-refractivity contribution in [3.05, 3.63) is 35.4 Å². The van der Waals surface area contributed by atoms with Gasteiger partial charge in [-0.15, -0.1) is 0 Å². The number of aliphatic hydroxyl groups is 1. The van der Waals surface area contributed by atoms with Gasteiger partial charge in [0.05, 0.1) is 0 Å². The van der Waals surface area contributed by atoms with Crippen molar-refractivity contribution in [2.24, 2.45) is 5.92 Å². The molecule has 1 aliphatic heterocycles. The van der Waals surface area contributed by atoms with E-state index in [-0.39, 0.29) is 11.5 Å². The number of rotatable bonds is 4. The van der Waals surface area contributed by atoms with Gasteiger partial charge in [0, 0.05) is 18.7 Å². The summed E-state index contributed by atoms with van der Waals surface area (Å²) in [6.45, 7) is 4.24. The fourth-order valence-corrected chi connectivity index (χ4v) is 2.70. The van der Waals surface area contributed by atoms with E-state index in [1.807, 2.05) is 0 Å². The zero-order valence-electron chi connectivity index (χ0n) is 12.4. The quantitative estimate of drug-likeness (QED) is 0.928. The van der Waals surface area contributed by atoms with Crippen molar-refractivity contribution in [2.45, 2.75) is 38.7 Å². The van der Waals surface area contributed by atoms with Gasteiger partial charge in [0.25, 0.3) is 12.3 Å². The maximum Gasteiger partial charge on any atom is 0.263 e. The standard InChI is InChI=1S/C16H21F2NO2/c1-16(2,21)15(20)19-8-7-12(10-19)9-11-3-5-13(6-4-11)14(17)18/h3-6,12,14,21H,7-10H2,1-2H3. The molecule has 0 radical (unpaired) electrons. The highest BCUT2D eigenvalue weighted by Gasteiger charge is 2.34. The Hall–Kier alpha value is -1.49. The highest BCUT2D eigenvalue weighted by Crippen LogP contribution is 2.25. The SMILES string of the molecule is CC(C)(O)C(=O)N1CCC(Cc2ccc(C(F)F)cc2)C1. The van der Waals surface area contributed by atoms with Gasteiger partial charge in [-0.05, 0) is 38.2 Å². The number of hydrogen-bond acceptors (Lipinski definition) is 2. The Labute approximate surface area is 123 Å². The number of nitrogens with zero attached hydrogens (tertiary/aromatic N) is 1. The molecule has 1 fully saturated rings. The summed E-state index contributed by atoms with van der Waals surface area (Å²) in [6, 6.07) is 6.35. The number of likely N-dealkylation sites (tertiary alicyclic amines) is 1. The number of alkyl halides is 2. The first-order chi connectivity index (χ1) is 9.77. The minimum absolute atomic E-state index is 0.0315. The molecule has 0 aromatic heterocycles. The van der Waals surface area contributed by atoms with Gasteiger partial charge >= 0.3 is 0 Å². The molecule has 0 spiro atoms. The van der Waals surface area contributed by atoms with Crippen molar-refractivity contribution in [1.29, 1.82) is 0 Å². The Bertz CT molecular complexity index is 494. The normalized spacial score (nSPS) is 19.3. The average Bonchev–Trinajstić information content (AvgIpc) is 2.85. The zero-order chi connectivity index (χ0) is 15.6. The number of amides is 1. The molecule has 1 aliphatic rings. The first kappa shape index (κ1) is 15.9. The number of halogens is 2. The number of hydrogen-bond donors (Lipinski definition) is 1. The minimum Gasteiger partial charge on any atom is -0.381 e. The van der Waals surface area contributed by atoms with Gasteiger partial charge in [-0.1, -0.05) is 24.3 Å². The van der Waals surface area contributed by atoms with Gasteiger partial charge < -0.3 is 10.0 Å². The maximum atomic E-state index is 12.5. The van der Waals surface area contributed by atoms with Crippen LogP contribution in [-0.2, 0) is 11.2 Å². The van der Waals surface area contributed by atoms with Gasteiger partial charge in [-0.2, -0.15) is 0 Å². The number of benzene rings is 1. The molecule has 1 saturated heterocycles. The zero-order valence-corrected chi connectivity index (χ0v) is 12.4. The molecule has 0 bridgehead atoms. The Balaban J connectivity index is 1.92. The highest BCUT2D eigenvalue weighted by molar-refractivity contribution is 5.84. The predicted molar refractivity (Wildman–Crippen MR) is 76.1 cm³/mol. The van der Waals surface area contributed by atoms with Crippen LogP contribution in [-0.4, -0.2) is 34.6 Å².